The lowest BCUT2D eigenvalue weighted by Crippen LogP contribution is -2.30. The van der Waals surface area contributed by atoms with E-state index < -0.39 is 6.36 Å². The lowest BCUT2D eigenvalue weighted by molar-refractivity contribution is -0.274. The SMILES string of the molecule is CCCCCC1CC[C@@H]2C[C@H](c3ccc(C#Cc4ccc(OC(F)(F)F)cc4)cc3)CC[C@@H]2C1. The van der Waals surface area contributed by atoms with Crippen molar-refractivity contribution in [2.24, 2.45) is 17.8 Å². The van der Waals surface area contributed by atoms with Crippen molar-refractivity contribution in [1.29, 1.82) is 0 Å². The Balaban J connectivity index is 1.29. The zero-order valence-electron chi connectivity index (χ0n) is 20.0. The summed E-state index contributed by atoms with van der Waals surface area (Å²) in [7, 11) is 0. The number of halogens is 3. The summed E-state index contributed by atoms with van der Waals surface area (Å²) >= 11 is 0. The van der Waals surface area contributed by atoms with Gasteiger partial charge in [-0.25, -0.2) is 0 Å². The standard InChI is InChI=1S/C30H35F3O/c1-2-3-4-5-24-10-15-28-21-27(17-16-26(28)20-24)25-13-8-22(9-14-25)6-7-23-11-18-29(19-12-23)34-30(31,32)33/h8-9,11-14,18-19,24,26-28H,2-5,10,15-17,20-21H2,1H3/t24?,26-,27-,28-/m1/s1. The van der Waals surface area contributed by atoms with E-state index in [0.717, 1.165) is 23.3 Å². The first-order chi connectivity index (χ1) is 16.4. The normalized spacial score (nSPS) is 24.6. The van der Waals surface area contributed by atoms with Crippen LogP contribution in [0.4, 0.5) is 13.2 Å². The molecule has 2 aliphatic carbocycles. The average Bonchev–Trinajstić information content (AvgIpc) is 2.83. The van der Waals surface area contributed by atoms with E-state index in [1.165, 1.54) is 81.9 Å². The van der Waals surface area contributed by atoms with E-state index in [9.17, 15) is 13.2 Å². The van der Waals surface area contributed by atoms with Gasteiger partial charge in [-0.15, -0.1) is 13.2 Å². The van der Waals surface area contributed by atoms with E-state index in [1.807, 2.05) is 0 Å². The number of rotatable bonds is 6. The van der Waals surface area contributed by atoms with Crippen LogP contribution in [0.2, 0.25) is 0 Å². The van der Waals surface area contributed by atoms with Crippen LogP contribution in [0.5, 0.6) is 5.75 Å². The molecule has 1 unspecified atom stereocenters. The predicted octanol–water partition coefficient (Wildman–Crippen LogP) is 8.87. The Morgan fingerprint density at radius 2 is 1.41 bits per heavy atom. The lowest BCUT2D eigenvalue weighted by Gasteiger charge is -2.42. The molecular weight excluding hydrogens is 433 g/mol. The minimum atomic E-state index is -4.68. The highest BCUT2D eigenvalue weighted by molar-refractivity contribution is 5.45. The molecule has 34 heavy (non-hydrogen) atoms. The Labute approximate surface area is 202 Å². The van der Waals surface area contributed by atoms with Crippen LogP contribution in [-0.4, -0.2) is 6.36 Å². The van der Waals surface area contributed by atoms with Gasteiger partial charge in [0.25, 0.3) is 0 Å². The minimum Gasteiger partial charge on any atom is -0.406 e. The molecule has 0 spiro atoms. The molecule has 4 rings (SSSR count). The lowest BCUT2D eigenvalue weighted by atomic mass is 9.63. The highest BCUT2D eigenvalue weighted by atomic mass is 19.4. The third-order valence-corrected chi connectivity index (χ3v) is 7.76. The number of benzene rings is 2. The van der Waals surface area contributed by atoms with Gasteiger partial charge in [-0.1, -0.05) is 63.0 Å². The molecule has 2 aliphatic rings. The number of fused-ring (bicyclic) bond motifs is 1. The summed E-state index contributed by atoms with van der Waals surface area (Å²) in [6.07, 6.45) is 9.15. The first-order valence-corrected chi connectivity index (χ1v) is 12.9. The Hall–Kier alpha value is -2.41. The highest BCUT2D eigenvalue weighted by Crippen LogP contribution is 2.48. The first-order valence-electron chi connectivity index (χ1n) is 12.9. The first kappa shape index (κ1) is 24.7. The van der Waals surface area contributed by atoms with Gasteiger partial charge >= 0.3 is 6.36 Å². The zero-order chi connectivity index (χ0) is 24.0. The summed E-state index contributed by atoms with van der Waals surface area (Å²) in [5, 5.41) is 0. The van der Waals surface area contributed by atoms with Crippen LogP contribution in [0.1, 0.15) is 93.7 Å². The second kappa shape index (κ2) is 11.3. The number of hydrogen-bond acceptors (Lipinski definition) is 1. The fourth-order valence-electron chi connectivity index (χ4n) is 5.96. The van der Waals surface area contributed by atoms with Crippen molar-refractivity contribution in [2.75, 3.05) is 0 Å². The molecule has 2 aromatic rings. The topological polar surface area (TPSA) is 9.23 Å². The molecule has 2 fully saturated rings. The number of ether oxygens (including phenoxy) is 1. The van der Waals surface area contributed by atoms with Crippen LogP contribution >= 0.6 is 0 Å². The van der Waals surface area contributed by atoms with Gasteiger partial charge in [0.15, 0.2) is 0 Å². The molecule has 0 radical (unpaired) electrons. The monoisotopic (exact) mass is 468 g/mol. The van der Waals surface area contributed by atoms with Crippen molar-refractivity contribution in [3.63, 3.8) is 0 Å². The maximum Gasteiger partial charge on any atom is 0.573 e. The van der Waals surface area contributed by atoms with Gasteiger partial charge in [-0.3, -0.25) is 0 Å². The molecule has 0 aliphatic heterocycles. The number of unbranched alkanes of at least 4 members (excludes halogenated alkanes) is 2. The molecule has 0 bridgehead atoms. The molecular formula is C30H35F3O. The maximum absolute atomic E-state index is 12.3. The van der Waals surface area contributed by atoms with Crippen molar-refractivity contribution < 1.29 is 17.9 Å². The molecule has 0 heterocycles. The molecule has 0 N–H and O–H groups in total. The van der Waals surface area contributed by atoms with Gasteiger partial charge in [0.2, 0.25) is 0 Å². The summed E-state index contributed by atoms with van der Waals surface area (Å²) in [4.78, 5) is 0. The average molecular weight is 469 g/mol. The molecule has 2 saturated carbocycles. The van der Waals surface area contributed by atoms with Crippen LogP contribution in [0.25, 0.3) is 0 Å². The maximum atomic E-state index is 12.3. The molecule has 0 saturated heterocycles. The third kappa shape index (κ3) is 7.05. The van der Waals surface area contributed by atoms with E-state index in [4.69, 9.17) is 0 Å². The molecule has 4 heteroatoms. The van der Waals surface area contributed by atoms with E-state index in [0.29, 0.717) is 11.5 Å². The Bertz CT molecular complexity index is 965. The summed E-state index contributed by atoms with van der Waals surface area (Å²) in [5.41, 5.74) is 2.99. The van der Waals surface area contributed by atoms with Crippen molar-refractivity contribution >= 4 is 0 Å². The van der Waals surface area contributed by atoms with Crippen molar-refractivity contribution in [3.05, 3.63) is 65.2 Å². The quantitative estimate of drug-likeness (QED) is 0.304. The van der Waals surface area contributed by atoms with Crippen LogP contribution in [0.3, 0.4) is 0 Å². The van der Waals surface area contributed by atoms with Crippen molar-refractivity contribution in [1.82, 2.24) is 0 Å². The van der Waals surface area contributed by atoms with E-state index in [2.05, 4.69) is 47.8 Å². The van der Waals surface area contributed by atoms with E-state index in [-0.39, 0.29) is 5.75 Å². The fraction of sp³-hybridized carbons (Fsp3) is 0.533. The van der Waals surface area contributed by atoms with Gasteiger partial charge in [-0.2, -0.15) is 0 Å². The van der Waals surface area contributed by atoms with Gasteiger partial charge < -0.3 is 4.74 Å². The van der Waals surface area contributed by atoms with Gasteiger partial charge in [0.1, 0.15) is 5.75 Å². The smallest absolute Gasteiger partial charge is 0.406 e. The summed E-state index contributed by atoms with van der Waals surface area (Å²) in [6, 6.07) is 14.2. The molecule has 0 aromatic heterocycles. The highest BCUT2D eigenvalue weighted by Gasteiger charge is 2.35. The molecule has 1 nitrogen and oxygen atoms in total. The summed E-state index contributed by atoms with van der Waals surface area (Å²) in [6.45, 7) is 2.29. The second-order valence-corrected chi connectivity index (χ2v) is 10.1. The third-order valence-electron chi connectivity index (χ3n) is 7.76. The van der Waals surface area contributed by atoms with Gasteiger partial charge in [-0.05, 0) is 97.7 Å². The number of alkyl halides is 3. The Kier molecular flexibility index (Phi) is 8.24. The Morgan fingerprint density at radius 1 is 0.794 bits per heavy atom. The minimum absolute atomic E-state index is 0.234. The number of hydrogen-bond donors (Lipinski definition) is 0. The van der Waals surface area contributed by atoms with Crippen LogP contribution < -0.4 is 4.74 Å². The van der Waals surface area contributed by atoms with Crippen LogP contribution in [0.15, 0.2) is 48.5 Å². The van der Waals surface area contributed by atoms with E-state index >= 15 is 0 Å². The molecule has 4 atom stereocenters. The fourth-order valence-corrected chi connectivity index (χ4v) is 5.96. The largest absolute Gasteiger partial charge is 0.573 e. The van der Waals surface area contributed by atoms with Crippen LogP contribution in [0, 0.1) is 29.6 Å². The van der Waals surface area contributed by atoms with Gasteiger partial charge in [0, 0.05) is 11.1 Å². The molecule has 2 aromatic carbocycles. The predicted molar refractivity (Wildman–Crippen MR) is 131 cm³/mol. The van der Waals surface area contributed by atoms with Crippen LogP contribution in [-0.2, 0) is 0 Å². The summed E-state index contributed by atoms with van der Waals surface area (Å²) < 4.78 is 40.7. The van der Waals surface area contributed by atoms with E-state index in [1.54, 1.807) is 12.1 Å². The van der Waals surface area contributed by atoms with Crippen molar-refractivity contribution in [3.8, 4) is 17.6 Å². The Morgan fingerprint density at radius 3 is 2.06 bits per heavy atom. The van der Waals surface area contributed by atoms with Crippen molar-refractivity contribution in [2.45, 2.75) is 83.4 Å². The van der Waals surface area contributed by atoms with Gasteiger partial charge in [0.05, 0.1) is 0 Å². The molecule has 0 amide bonds. The molecule has 182 valence electrons. The zero-order valence-corrected chi connectivity index (χ0v) is 20.0. The second-order valence-electron chi connectivity index (χ2n) is 10.1. The summed E-state index contributed by atoms with van der Waals surface area (Å²) in [5.74, 6) is 9.36.